The maximum Gasteiger partial charge on any atom is 0.122 e. The molecule has 0 radical (unpaired) electrons. The zero-order valence-corrected chi connectivity index (χ0v) is 14.2. The van der Waals surface area contributed by atoms with Crippen molar-refractivity contribution in [2.45, 2.75) is 64.5 Å². The minimum atomic E-state index is -0.464. The van der Waals surface area contributed by atoms with Crippen LogP contribution >= 0.6 is 0 Å². The lowest BCUT2D eigenvalue weighted by Gasteiger charge is -2.30. The molecule has 0 aromatic heterocycles. The molecule has 0 amide bonds. The summed E-state index contributed by atoms with van der Waals surface area (Å²) >= 11 is 0. The van der Waals surface area contributed by atoms with E-state index in [0.717, 1.165) is 5.75 Å². The molecule has 1 fully saturated rings. The van der Waals surface area contributed by atoms with Gasteiger partial charge in [0.1, 0.15) is 18.5 Å². The molecule has 3 atom stereocenters. The van der Waals surface area contributed by atoms with Gasteiger partial charge in [-0.1, -0.05) is 51.8 Å². The average Bonchev–Trinajstić information content (AvgIpc) is 2.52. The molecule has 22 heavy (non-hydrogen) atoms. The fraction of sp³-hybridized carbons (Fsp3) is 0.684. The van der Waals surface area contributed by atoms with Gasteiger partial charge in [0.2, 0.25) is 0 Å². The van der Waals surface area contributed by atoms with E-state index in [4.69, 9.17) is 4.74 Å². The minimum absolute atomic E-state index is 0.345. The van der Waals surface area contributed by atoms with Crippen molar-refractivity contribution in [2.75, 3.05) is 13.2 Å². The highest BCUT2D eigenvalue weighted by Gasteiger charge is 2.21. The van der Waals surface area contributed by atoms with E-state index in [1.54, 1.807) is 0 Å². The molecule has 0 heterocycles. The summed E-state index contributed by atoms with van der Waals surface area (Å²) in [5.74, 6) is 2.03. The van der Waals surface area contributed by atoms with Gasteiger partial charge in [0.15, 0.2) is 0 Å². The van der Waals surface area contributed by atoms with Crippen molar-refractivity contribution in [3.8, 4) is 5.75 Å². The first-order valence-electron chi connectivity index (χ1n) is 8.71. The van der Waals surface area contributed by atoms with E-state index in [1.807, 2.05) is 18.2 Å². The molecule has 3 nitrogen and oxygen atoms in total. The SMILES string of the molecule is CC(C)c1ccccc1OC[C@H](O)CN[C@@H]1CCCC[C@H]1C. The standard InChI is InChI=1S/C19H31NO2/c1-14(2)17-9-5-7-11-19(17)22-13-16(21)12-20-18-10-6-4-8-15(18)3/h5,7,9,11,14-16,18,20-21H,4,6,8,10,12-13H2,1-3H3/t15-,16-,18-/m1/s1. The van der Waals surface area contributed by atoms with Crippen LogP contribution < -0.4 is 10.1 Å². The van der Waals surface area contributed by atoms with Gasteiger partial charge in [-0.15, -0.1) is 0 Å². The summed E-state index contributed by atoms with van der Waals surface area (Å²) in [4.78, 5) is 0. The molecule has 2 N–H and O–H groups in total. The van der Waals surface area contributed by atoms with Gasteiger partial charge in [0, 0.05) is 12.6 Å². The van der Waals surface area contributed by atoms with Gasteiger partial charge in [-0.3, -0.25) is 0 Å². The summed E-state index contributed by atoms with van der Waals surface area (Å²) in [7, 11) is 0. The summed E-state index contributed by atoms with van der Waals surface area (Å²) in [6, 6.07) is 8.64. The molecule has 0 unspecified atom stereocenters. The maximum absolute atomic E-state index is 10.2. The first-order chi connectivity index (χ1) is 10.6. The number of para-hydroxylation sites is 1. The van der Waals surface area contributed by atoms with Gasteiger partial charge in [0.25, 0.3) is 0 Å². The number of rotatable bonds is 7. The van der Waals surface area contributed by atoms with E-state index in [-0.39, 0.29) is 0 Å². The lowest BCUT2D eigenvalue weighted by molar-refractivity contribution is 0.0979. The first kappa shape index (κ1) is 17.3. The Balaban J connectivity index is 1.77. The van der Waals surface area contributed by atoms with E-state index in [9.17, 15) is 5.11 Å². The van der Waals surface area contributed by atoms with Crippen molar-refractivity contribution >= 4 is 0 Å². The molecule has 1 aliphatic rings. The van der Waals surface area contributed by atoms with Crippen molar-refractivity contribution in [1.82, 2.24) is 5.32 Å². The molecule has 2 rings (SSSR count). The number of benzene rings is 1. The predicted molar refractivity (Wildman–Crippen MR) is 91.5 cm³/mol. The Morgan fingerprint density at radius 1 is 1.23 bits per heavy atom. The van der Waals surface area contributed by atoms with Crippen molar-refractivity contribution in [1.29, 1.82) is 0 Å². The fourth-order valence-corrected chi connectivity index (χ4v) is 3.24. The van der Waals surface area contributed by atoms with Crippen LogP contribution in [-0.2, 0) is 0 Å². The topological polar surface area (TPSA) is 41.5 Å². The Labute approximate surface area is 135 Å². The molecular weight excluding hydrogens is 274 g/mol. The number of aliphatic hydroxyl groups is 1. The highest BCUT2D eigenvalue weighted by Crippen LogP contribution is 2.26. The van der Waals surface area contributed by atoms with Crippen molar-refractivity contribution in [2.24, 2.45) is 5.92 Å². The highest BCUT2D eigenvalue weighted by molar-refractivity contribution is 5.35. The van der Waals surface area contributed by atoms with Crippen LogP contribution in [-0.4, -0.2) is 30.4 Å². The van der Waals surface area contributed by atoms with Gasteiger partial charge in [0.05, 0.1) is 0 Å². The first-order valence-corrected chi connectivity index (χ1v) is 8.71. The van der Waals surface area contributed by atoms with Crippen LogP contribution in [0.3, 0.4) is 0 Å². The Kier molecular flexibility index (Phi) is 6.71. The minimum Gasteiger partial charge on any atom is -0.491 e. The molecule has 1 saturated carbocycles. The van der Waals surface area contributed by atoms with Gasteiger partial charge in [-0.2, -0.15) is 0 Å². The molecule has 0 saturated heterocycles. The number of ether oxygens (including phenoxy) is 1. The largest absolute Gasteiger partial charge is 0.491 e. The summed E-state index contributed by atoms with van der Waals surface area (Å²) < 4.78 is 5.84. The van der Waals surface area contributed by atoms with E-state index >= 15 is 0 Å². The van der Waals surface area contributed by atoms with Crippen LogP contribution in [0.4, 0.5) is 0 Å². The van der Waals surface area contributed by atoms with Gasteiger partial charge in [-0.25, -0.2) is 0 Å². The molecule has 1 aromatic rings. The van der Waals surface area contributed by atoms with Crippen LogP contribution in [0, 0.1) is 5.92 Å². The molecule has 1 aliphatic carbocycles. The van der Waals surface area contributed by atoms with Crippen LogP contribution in [0.15, 0.2) is 24.3 Å². The highest BCUT2D eigenvalue weighted by atomic mass is 16.5. The summed E-state index contributed by atoms with van der Waals surface area (Å²) in [6.45, 7) is 7.57. The zero-order valence-electron chi connectivity index (χ0n) is 14.2. The molecule has 3 heteroatoms. The van der Waals surface area contributed by atoms with Crippen molar-refractivity contribution in [3.63, 3.8) is 0 Å². The molecule has 0 spiro atoms. The summed E-state index contributed by atoms with van der Waals surface area (Å²) in [6.07, 6.45) is 4.71. The summed E-state index contributed by atoms with van der Waals surface area (Å²) in [5, 5.41) is 13.7. The van der Waals surface area contributed by atoms with Crippen LogP contribution in [0.2, 0.25) is 0 Å². The quantitative estimate of drug-likeness (QED) is 0.807. The second-order valence-corrected chi connectivity index (χ2v) is 6.93. The van der Waals surface area contributed by atoms with Crippen LogP contribution in [0.5, 0.6) is 5.75 Å². The number of hydrogen-bond acceptors (Lipinski definition) is 3. The second kappa shape index (κ2) is 8.54. The lowest BCUT2D eigenvalue weighted by Crippen LogP contribution is -2.42. The van der Waals surface area contributed by atoms with Crippen LogP contribution in [0.25, 0.3) is 0 Å². The van der Waals surface area contributed by atoms with Crippen molar-refractivity contribution < 1.29 is 9.84 Å². The monoisotopic (exact) mass is 305 g/mol. The molecule has 1 aromatic carbocycles. The Morgan fingerprint density at radius 3 is 2.68 bits per heavy atom. The normalized spacial score (nSPS) is 23.5. The van der Waals surface area contributed by atoms with Crippen LogP contribution in [0.1, 0.15) is 57.9 Å². The van der Waals surface area contributed by atoms with E-state index in [0.29, 0.717) is 31.0 Å². The predicted octanol–water partition coefficient (Wildman–Crippen LogP) is 3.72. The Hall–Kier alpha value is -1.06. The third-order valence-corrected chi connectivity index (χ3v) is 4.70. The fourth-order valence-electron chi connectivity index (χ4n) is 3.24. The smallest absolute Gasteiger partial charge is 0.122 e. The lowest BCUT2D eigenvalue weighted by atomic mass is 9.86. The Bertz CT molecular complexity index is 447. The zero-order chi connectivity index (χ0) is 15.9. The summed E-state index contributed by atoms with van der Waals surface area (Å²) in [5.41, 5.74) is 1.20. The number of hydrogen-bond donors (Lipinski definition) is 2. The third kappa shape index (κ3) is 4.99. The molecule has 0 aliphatic heterocycles. The second-order valence-electron chi connectivity index (χ2n) is 6.93. The molecule has 124 valence electrons. The number of aliphatic hydroxyl groups excluding tert-OH is 1. The van der Waals surface area contributed by atoms with Gasteiger partial charge >= 0.3 is 0 Å². The van der Waals surface area contributed by atoms with Gasteiger partial charge < -0.3 is 15.2 Å². The third-order valence-electron chi connectivity index (χ3n) is 4.70. The van der Waals surface area contributed by atoms with E-state index in [2.05, 4.69) is 32.2 Å². The number of nitrogens with one attached hydrogen (secondary N) is 1. The van der Waals surface area contributed by atoms with Gasteiger partial charge in [-0.05, 0) is 36.3 Å². The van der Waals surface area contributed by atoms with E-state index in [1.165, 1.54) is 31.2 Å². The van der Waals surface area contributed by atoms with Crippen molar-refractivity contribution in [3.05, 3.63) is 29.8 Å². The molecular formula is C19H31NO2. The molecule has 0 bridgehead atoms. The average molecular weight is 305 g/mol. The Morgan fingerprint density at radius 2 is 1.95 bits per heavy atom. The maximum atomic E-state index is 10.2. The van der Waals surface area contributed by atoms with E-state index < -0.39 is 6.10 Å².